The molecule has 114 valence electrons. The Morgan fingerprint density at radius 1 is 1.00 bits per heavy atom. The first-order valence-electron chi connectivity index (χ1n) is 7.20. The third kappa shape index (κ3) is 5.05. The number of rotatable bonds is 6. The third-order valence-electron chi connectivity index (χ3n) is 3.26. The Balaban J connectivity index is 1.74. The molecule has 0 aliphatic carbocycles. The number of hydrogen-bond acceptors (Lipinski definition) is 3. The van der Waals surface area contributed by atoms with E-state index in [1.165, 1.54) is 0 Å². The first-order chi connectivity index (χ1) is 10.6. The molecular formula is C18H19NO3. The van der Waals surface area contributed by atoms with E-state index < -0.39 is 0 Å². The number of amides is 1. The van der Waals surface area contributed by atoms with Crippen LogP contribution in [0.25, 0.3) is 0 Å². The number of carbonyl (C=O) groups excluding carboxylic acids is 2. The van der Waals surface area contributed by atoms with Crippen LogP contribution < -0.4 is 5.32 Å². The molecule has 0 radical (unpaired) electrons. The molecule has 2 rings (SSSR count). The Labute approximate surface area is 130 Å². The number of esters is 1. The fraction of sp³-hybridized carbons (Fsp3) is 0.222. The lowest BCUT2D eigenvalue weighted by Gasteiger charge is -2.11. The largest absolute Gasteiger partial charge is 0.456 e. The van der Waals surface area contributed by atoms with Crippen molar-refractivity contribution in [3.05, 3.63) is 66.2 Å². The topological polar surface area (TPSA) is 55.4 Å². The van der Waals surface area contributed by atoms with Crippen molar-refractivity contribution in [2.24, 2.45) is 0 Å². The van der Waals surface area contributed by atoms with E-state index in [2.05, 4.69) is 5.32 Å². The monoisotopic (exact) mass is 297 g/mol. The quantitative estimate of drug-likeness (QED) is 0.832. The number of hydrogen-bond donors (Lipinski definition) is 1. The Hall–Kier alpha value is -2.62. The molecule has 0 heterocycles. The highest BCUT2D eigenvalue weighted by atomic mass is 16.5. The first-order valence-corrected chi connectivity index (χ1v) is 7.20. The van der Waals surface area contributed by atoms with Crippen molar-refractivity contribution in [2.45, 2.75) is 19.3 Å². The molecule has 0 unspecified atom stereocenters. The lowest BCUT2D eigenvalue weighted by Crippen LogP contribution is -2.21. The van der Waals surface area contributed by atoms with Gasteiger partial charge in [-0.3, -0.25) is 9.59 Å². The molecule has 0 aliphatic heterocycles. The van der Waals surface area contributed by atoms with Gasteiger partial charge in [-0.05, 0) is 23.6 Å². The maximum Gasteiger partial charge on any atom is 0.306 e. The number of para-hydroxylation sites is 1. The summed E-state index contributed by atoms with van der Waals surface area (Å²) in [6.07, 6.45) is 0.253. The first kappa shape index (κ1) is 15.8. The van der Waals surface area contributed by atoms with Crippen molar-refractivity contribution in [1.29, 1.82) is 0 Å². The molecular weight excluding hydrogens is 278 g/mol. The number of ether oxygens (including phenoxy) is 1. The van der Waals surface area contributed by atoms with Gasteiger partial charge in [0.2, 0.25) is 0 Å². The van der Waals surface area contributed by atoms with Gasteiger partial charge in [-0.2, -0.15) is 0 Å². The van der Waals surface area contributed by atoms with Gasteiger partial charge in [0, 0.05) is 5.69 Å². The minimum atomic E-state index is -0.375. The highest BCUT2D eigenvalue weighted by Gasteiger charge is 2.13. The normalized spacial score (nSPS) is 11.5. The number of benzene rings is 2. The molecule has 0 fully saturated rings. The summed E-state index contributed by atoms with van der Waals surface area (Å²) < 4.78 is 5.02. The van der Waals surface area contributed by atoms with Gasteiger partial charge in [0.25, 0.3) is 5.91 Å². The summed E-state index contributed by atoms with van der Waals surface area (Å²) in [4.78, 5) is 23.5. The van der Waals surface area contributed by atoms with Crippen molar-refractivity contribution in [3.8, 4) is 0 Å². The second-order valence-electron chi connectivity index (χ2n) is 5.09. The third-order valence-corrected chi connectivity index (χ3v) is 3.26. The highest BCUT2D eigenvalue weighted by molar-refractivity contribution is 5.92. The van der Waals surface area contributed by atoms with Crippen molar-refractivity contribution >= 4 is 17.6 Å². The standard InChI is InChI=1S/C18H19NO3/c1-14(15-8-4-2-5-9-15)12-18(21)22-13-17(20)19-16-10-6-3-7-11-16/h2-11,14H,12-13H2,1H3,(H,19,20)/t14-/m0/s1. The molecule has 0 spiro atoms. The van der Waals surface area contributed by atoms with Gasteiger partial charge in [0.1, 0.15) is 0 Å². The Morgan fingerprint density at radius 3 is 2.23 bits per heavy atom. The number of carbonyl (C=O) groups is 2. The van der Waals surface area contributed by atoms with Crippen molar-refractivity contribution in [2.75, 3.05) is 11.9 Å². The van der Waals surface area contributed by atoms with E-state index in [1.54, 1.807) is 12.1 Å². The molecule has 2 aromatic rings. The second-order valence-corrected chi connectivity index (χ2v) is 5.09. The summed E-state index contributed by atoms with van der Waals surface area (Å²) in [5.74, 6) is -0.655. The molecule has 0 aliphatic rings. The molecule has 0 bridgehead atoms. The van der Waals surface area contributed by atoms with Crippen LogP contribution in [0.3, 0.4) is 0 Å². The number of nitrogens with one attached hydrogen (secondary N) is 1. The summed E-state index contributed by atoms with van der Waals surface area (Å²) in [6, 6.07) is 18.8. The van der Waals surface area contributed by atoms with Gasteiger partial charge in [0.15, 0.2) is 6.61 Å². The molecule has 1 N–H and O–H groups in total. The van der Waals surface area contributed by atoms with Crippen molar-refractivity contribution < 1.29 is 14.3 Å². The van der Waals surface area contributed by atoms with Gasteiger partial charge in [-0.1, -0.05) is 55.5 Å². The maximum atomic E-state index is 11.8. The summed E-state index contributed by atoms with van der Waals surface area (Å²) in [6.45, 7) is 1.69. The molecule has 0 saturated carbocycles. The molecule has 4 nitrogen and oxygen atoms in total. The molecule has 0 aromatic heterocycles. The predicted octanol–water partition coefficient (Wildman–Crippen LogP) is 3.36. The zero-order chi connectivity index (χ0) is 15.8. The van der Waals surface area contributed by atoms with Gasteiger partial charge in [-0.15, -0.1) is 0 Å². The van der Waals surface area contributed by atoms with Gasteiger partial charge in [-0.25, -0.2) is 0 Å². The highest BCUT2D eigenvalue weighted by Crippen LogP contribution is 2.18. The average molecular weight is 297 g/mol. The summed E-state index contributed by atoms with van der Waals surface area (Å²) in [7, 11) is 0. The van der Waals surface area contributed by atoms with E-state index in [0.717, 1.165) is 5.56 Å². The van der Waals surface area contributed by atoms with E-state index in [1.807, 2.05) is 55.5 Å². The molecule has 4 heteroatoms. The van der Waals surface area contributed by atoms with Gasteiger partial charge in [0.05, 0.1) is 6.42 Å². The van der Waals surface area contributed by atoms with Crippen molar-refractivity contribution in [3.63, 3.8) is 0 Å². The fourth-order valence-corrected chi connectivity index (χ4v) is 2.07. The summed E-state index contributed by atoms with van der Waals surface area (Å²) >= 11 is 0. The molecule has 1 amide bonds. The van der Waals surface area contributed by atoms with Crippen LogP contribution in [0.15, 0.2) is 60.7 Å². The van der Waals surface area contributed by atoms with E-state index in [4.69, 9.17) is 4.74 Å². The van der Waals surface area contributed by atoms with Crippen LogP contribution in [-0.4, -0.2) is 18.5 Å². The molecule has 1 atom stereocenters. The predicted molar refractivity (Wildman–Crippen MR) is 85.5 cm³/mol. The fourth-order valence-electron chi connectivity index (χ4n) is 2.07. The molecule has 2 aromatic carbocycles. The maximum absolute atomic E-state index is 11.8. The van der Waals surface area contributed by atoms with Crippen LogP contribution in [0, 0.1) is 0 Å². The van der Waals surface area contributed by atoms with Gasteiger partial charge < -0.3 is 10.1 Å². The number of anilines is 1. The zero-order valence-electron chi connectivity index (χ0n) is 12.5. The smallest absolute Gasteiger partial charge is 0.306 e. The Bertz CT molecular complexity index is 611. The molecule has 22 heavy (non-hydrogen) atoms. The van der Waals surface area contributed by atoms with Crippen molar-refractivity contribution in [1.82, 2.24) is 0 Å². The minimum Gasteiger partial charge on any atom is -0.456 e. The van der Waals surface area contributed by atoms with Crippen LogP contribution in [0.5, 0.6) is 0 Å². The van der Waals surface area contributed by atoms with E-state index in [-0.39, 0.29) is 30.8 Å². The van der Waals surface area contributed by atoms with Gasteiger partial charge >= 0.3 is 5.97 Å². The van der Waals surface area contributed by atoms with E-state index >= 15 is 0 Å². The minimum absolute atomic E-state index is 0.0610. The second kappa shape index (κ2) is 7.98. The average Bonchev–Trinajstić information content (AvgIpc) is 2.55. The lowest BCUT2D eigenvalue weighted by atomic mass is 9.98. The summed E-state index contributed by atoms with van der Waals surface area (Å²) in [5.41, 5.74) is 1.76. The molecule has 0 saturated heterocycles. The summed E-state index contributed by atoms with van der Waals surface area (Å²) in [5, 5.41) is 2.67. The Kier molecular flexibility index (Phi) is 5.72. The van der Waals surface area contributed by atoms with Crippen LogP contribution in [-0.2, 0) is 14.3 Å². The SMILES string of the molecule is C[C@@H](CC(=O)OCC(=O)Nc1ccccc1)c1ccccc1. The Morgan fingerprint density at radius 2 is 1.59 bits per heavy atom. The van der Waals surface area contributed by atoms with E-state index in [9.17, 15) is 9.59 Å². The lowest BCUT2D eigenvalue weighted by molar-refractivity contribution is -0.147. The van der Waals surface area contributed by atoms with Crippen LogP contribution in [0.2, 0.25) is 0 Å². The van der Waals surface area contributed by atoms with E-state index in [0.29, 0.717) is 5.69 Å². The zero-order valence-corrected chi connectivity index (χ0v) is 12.5. The van der Waals surface area contributed by atoms with Crippen LogP contribution in [0.4, 0.5) is 5.69 Å². The van der Waals surface area contributed by atoms with Crippen LogP contribution >= 0.6 is 0 Å². The van der Waals surface area contributed by atoms with Crippen LogP contribution in [0.1, 0.15) is 24.8 Å².